The Kier molecular flexibility index (Phi) is 3.21. The monoisotopic (exact) mass is 321 g/mol. The summed E-state index contributed by atoms with van der Waals surface area (Å²) < 4.78 is 0.972. The van der Waals surface area contributed by atoms with E-state index >= 15 is 0 Å². The van der Waals surface area contributed by atoms with Crippen LogP contribution in [0.15, 0.2) is 28.7 Å². The third kappa shape index (κ3) is 2.22. The Bertz CT molecular complexity index is 535. The van der Waals surface area contributed by atoms with Gasteiger partial charge in [-0.15, -0.1) is 0 Å². The minimum absolute atomic E-state index is 0.00752. The standard InChI is InChI=1S/C15H16BrNO2/c16-12-5-3-4-11(8-12)10-17-13(18)9-15(14(17)19)6-1-2-7-15/h3-5,8H,1-2,6-7,9-10H2. The summed E-state index contributed by atoms with van der Waals surface area (Å²) in [6.07, 6.45) is 4.33. The first-order valence-electron chi connectivity index (χ1n) is 6.70. The lowest BCUT2D eigenvalue weighted by Gasteiger charge is -2.21. The summed E-state index contributed by atoms with van der Waals surface area (Å²) in [6.45, 7) is 0.402. The molecule has 1 aliphatic carbocycles. The van der Waals surface area contributed by atoms with Gasteiger partial charge in [0.2, 0.25) is 11.8 Å². The van der Waals surface area contributed by atoms with Crippen LogP contribution in [-0.4, -0.2) is 16.7 Å². The maximum absolute atomic E-state index is 12.5. The second-order valence-electron chi connectivity index (χ2n) is 5.58. The second kappa shape index (κ2) is 4.75. The van der Waals surface area contributed by atoms with E-state index in [-0.39, 0.29) is 17.2 Å². The molecule has 0 radical (unpaired) electrons. The molecule has 1 aromatic carbocycles. The number of amides is 2. The molecular formula is C15H16BrNO2. The predicted molar refractivity (Wildman–Crippen MR) is 75.2 cm³/mol. The molecule has 100 valence electrons. The van der Waals surface area contributed by atoms with E-state index < -0.39 is 0 Å². The van der Waals surface area contributed by atoms with Crippen LogP contribution in [0.4, 0.5) is 0 Å². The van der Waals surface area contributed by atoms with Crippen molar-refractivity contribution in [2.75, 3.05) is 0 Å². The van der Waals surface area contributed by atoms with Gasteiger partial charge in [0.15, 0.2) is 0 Å². The molecule has 0 unspecified atom stereocenters. The summed E-state index contributed by atoms with van der Waals surface area (Å²) in [7, 11) is 0. The topological polar surface area (TPSA) is 37.4 Å². The summed E-state index contributed by atoms with van der Waals surface area (Å²) in [5.74, 6) is 0.0434. The minimum Gasteiger partial charge on any atom is -0.278 e. The van der Waals surface area contributed by atoms with Crippen LogP contribution < -0.4 is 0 Å². The Morgan fingerprint density at radius 2 is 1.95 bits per heavy atom. The van der Waals surface area contributed by atoms with Gasteiger partial charge in [-0.05, 0) is 30.5 Å². The molecule has 2 amide bonds. The Balaban J connectivity index is 1.82. The van der Waals surface area contributed by atoms with Gasteiger partial charge < -0.3 is 0 Å². The number of hydrogen-bond acceptors (Lipinski definition) is 2. The fraction of sp³-hybridized carbons (Fsp3) is 0.467. The van der Waals surface area contributed by atoms with E-state index in [0.717, 1.165) is 35.7 Å². The molecule has 0 N–H and O–H groups in total. The van der Waals surface area contributed by atoms with E-state index in [1.54, 1.807) is 0 Å². The summed E-state index contributed by atoms with van der Waals surface area (Å²) >= 11 is 3.41. The molecule has 1 spiro atoms. The highest BCUT2D eigenvalue weighted by Crippen LogP contribution is 2.47. The van der Waals surface area contributed by atoms with Gasteiger partial charge in [-0.1, -0.05) is 40.9 Å². The normalized spacial score (nSPS) is 21.6. The van der Waals surface area contributed by atoms with Crippen molar-refractivity contribution in [3.8, 4) is 0 Å². The number of benzene rings is 1. The largest absolute Gasteiger partial charge is 0.278 e. The molecule has 3 nitrogen and oxygen atoms in total. The highest BCUT2D eigenvalue weighted by atomic mass is 79.9. The molecule has 2 aliphatic rings. The number of imide groups is 1. The van der Waals surface area contributed by atoms with Crippen molar-refractivity contribution in [1.82, 2.24) is 4.90 Å². The third-order valence-electron chi connectivity index (χ3n) is 4.28. The maximum atomic E-state index is 12.5. The Labute approximate surface area is 121 Å². The van der Waals surface area contributed by atoms with E-state index in [1.165, 1.54) is 4.90 Å². The third-order valence-corrected chi connectivity index (χ3v) is 4.77. The molecule has 2 fully saturated rings. The molecule has 0 aromatic heterocycles. The quantitative estimate of drug-likeness (QED) is 0.784. The Morgan fingerprint density at radius 1 is 1.21 bits per heavy atom. The van der Waals surface area contributed by atoms with Crippen LogP contribution in [0, 0.1) is 5.41 Å². The van der Waals surface area contributed by atoms with Gasteiger partial charge in [0.1, 0.15) is 0 Å². The number of carbonyl (C=O) groups is 2. The molecule has 3 rings (SSSR count). The van der Waals surface area contributed by atoms with Crippen LogP contribution in [0.25, 0.3) is 0 Å². The average molecular weight is 322 g/mol. The van der Waals surface area contributed by atoms with E-state index in [9.17, 15) is 9.59 Å². The number of halogens is 1. The molecule has 4 heteroatoms. The van der Waals surface area contributed by atoms with Crippen molar-refractivity contribution in [2.45, 2.75) is 38.6 Å². The van der Waals surface area contributed by atoms with Gasteiger partial charge in [-0.2, -0.15) is 0 Å². The smallest absolute Gasteiger partial charge is 0.236 e. The van der Waals surface area contributed by atoms with Crippen LogP contribution in [0.5, 0.6) is 0 Å². The number of hydrogen-bond donors (Lipinski definition) is 0. The zero-order chi connectivity index (χ0) is 13.5. The lowest BCUT2D eigenvalue weighted by molar-refractivity contribution is -0.142. The predicted octanol–water partition coefficient (Wildman–Crippen LogP) is 3.27. The first-order valence-corrected chi connectivity index (χ1v) is 7.49. The van der Waals surface area contributed by atoms with E-state index in [0.29, 0.717) is 13.0 Å². The molecule has 19 heavy (non-hydrogen) atoms. The maximum Gasteiger partial charge on any atom is 0.236 e. The number of carbonyl (C=O) groups excluding carboxylic acids is 2. The van der Waals surface area contributed by atoms with Crippen LogP contribution in [-0.2, 0) is 16.1 Å². The lowest BCUT2D eigenvalue weighted by Crippen LogP contribution is -2.33. The van der Waals surface area contributed by atoms with Crippen molar-refractivity contribution in [3.63, 3.8) is 0 Å². The van der Waals surface area contributed by atoms with Gasteiger partial charge in [-0.25, -0.2) is 0 Å². The molecular weight excluding hydrogens is 306 g/mol. The van der Waals surface area contributed by atoms with Gasteiger partial charge in [0.25, 0.3) is 0 Å². The molecule has 0 atom stereocenters. The van der Waals surface area contributed by atoms with Gasteiger partial charge in [-0.3, -0.25) is 14.5 Å². The highest BCUT2D eigenvalue weighted by molar-refractivity contribution is 9.10. The van der Waals surface area contributed by atoms with Crippen LogP contribution in [0.3, 0.4) is 0 Å². The lowest BCUT2D eigenvalue weighted by atomic mass is 9.84. The van der Waals surface area contributed by atoms with Crippen molar-refractivity contribution in [3.05, 3.63) is 34.3 Å². The molecule has 1 aliphatic heterocycles. The number of nitrogens with zero attached hydrogens (tertiary/aromatic N) is 1. The van der Waals surface area contributed by atoms with Crippen molar-refractivity contribution in [2.24, 2.45) is 5.41 Å². The summed E-state index contributed by atoms with van der Waals surface area (Å²) in [4.78, 5) is 26.1. The number of rotatable bonds is 2. The van der Waals surface area contributed by atoms with E-state index in [4.69, 9.17) is 0 Å². The van der Waals surface area contributed by atoms with Crippen LogP contribution in [0.1, 0.15) is 37.7 Å². The molecule has 1 aromatic rings. The second-order valence-corrected chi connectivity index (χ2v) is 6.49. The zero-order valence-electron chi connectivity index (χ0n) is 10.7. The minimum atomic E-state index is -0.358. The summed E-state index contributed by atoms with van der Waals surface area (Å²) in [6, 6.07) is 7.77. The zero-order valence-corrected chi connectivity index (χ0v) is 12.3. The fourth-order valence-corrected chi connectivity index (χ4v) is 3.73. The van der Waals surface area contributed by atoms with Crippen molar-refractivity contribution < 1.29 is 9.59 Å². The average Bonchev–Trinajstić information content (AvgIpc) is 2.92. The molecule has 0 bridgehead atoms. The molecule has 1 saturated carbocycles. The summed E-state index contributed by atoms with van der Waals surface area (Å²) in [5.41, 5.74) is 0.634. The van der Waals surface area contributed by atoms with Gasteiger partial charge in [0.05, 0.1) is 12.0 Å². The number of likely N-dealkylation sites (tertiary alicyclic amines) is 1. The van der Waals surface area contributed by atoms with E-state index in [2.05, 4.69) is 15.9 Å². The first-order chi connectivity index (χ1) is 9.11. The first kappa shape index (κ1) is 12.9. The summed E-state index contributed by atoms with van der Waals surface area (Å²) in [5, 5.41) is 0. The molecule has 1 heterocycles. The van der Waals surface area contributed by atoms with Crippen LogP contribution in [0.2, 0.25) is 0 Å². The van der Waals surface area contributed by atoms with Crippen molar-refractivity contribution >= 4 is 27.7 Å². The Hall–Kier alpha value is -1.16. The van der Waals surface area contributed by atoms with Gasteiger partial charge >= 0.3 is 0 Å². The highest BCUT2D eigenvalue weighted by Gasteiger charge is 2.52. The van der Waals surface area contributed by atoms with Crippen LogP contribution >= 0.6 is 15.9 Å². The fourth-order valence-electron chi connectivity index (χ4n) is 3.28. The Morgan fingerprint density at radius 3 is 2.63 bits per heavy atom. The SMILES string of the molecule is O=C1CC2(CCCC2)C(=O)N1Cc1cccc(Br)c1. The molecule has 1 saturated heterocycles. The van der Waals surface area contributed by atoms with Crippen molar-refractivity contribution in [1.29, 1.82) is 0 Å². The van der Waals surface area contributed by atoms with Gasteiger partial charge in [0, 0.05) is 10.9 Å². The van der Waals surface area contributed by atoms with E-state index in [1.807, 2.05) is 24.3 Å².